The number of amides is 1. The number of hydrogen-bond acceptors (Lipinski definition) is 1. The van der Waals surface area contributed by atoms with Crippen molar-refractivity contribution in [1.82, 2.24) is 4.90 Å². The van der Waals surface area contributed by atoms with Gasteiger partial charge in [0.2, 0.25) is 0 Å². The molecule has 0 spiro atoms. The van der Waals surface area contributed by atoms with Gasteiger partial charge >= 0.3 is 0 Å². The Bertz CT molecular complexity index is 507. The van der Waals surface area contributed by atoms with Gasteiger partial charge in [0.05, 0.1) is 32.7 Å². The van der Waals surface area contributed by atoms with Crippen molar-refractivity contribution < 1.29 is 15.4 Å². The molecule has 2 rings (SSSR count). The fourth-order valence-electron chi connectivity index (χ4n) is 2.94. The summed E-state index contributed by atoms with van der Waals surface area (Å²) in [5, 5.41) is 0. The van der Waals surface area contributed by atoms with Gasteiger partial charge in [-0.2, -0.15) is 0 Å². The molecule has 4 N–H and O–H groups in total. The van der Waals surface area contributed by atoms with E-state index in [0.717, 1.165) is 39.1 Å². The average molecular weight is 317 g/mol. The number of carbonyl (C=O) groups excluding carboxylic acids is 1. The molecule has 4 nitrogen and oxygen atoms in total. The molecule has 2 atom stereocenters. The van der Waals surface area contributed by atoms with Gasteiger partial charge in [-0.1, -0.05) is 50.3 Å². The van der Waals surface area contributed by atoms with Gasteiger partial charge in [-0.3, -0.25) is 4.79 Å². The predicted octanol–water partition coefficient (Wildman–Crippen LogP) is 0.0835. The van der Waals surface area contributed by atoms with Crippen molar-refractivity contribution in [2.24, 2.45) is 5.92 Å². The highest BCUT2D eigenvalue weighted by Gasteiger charge is 2.31. The molecule has 1 aliphatic rings. The molecule has 126 valence electrons. The number of rotatable bonds is 6. The highest BCUT2D eigenvalue weighted by atomic mass is 16.2. The molecule has 1 amide bonds. The first-order chi connectivity index (χ1) is 11.1. The van der Waals surface area contributed by atoms with E-state index in [2.05, 4.69) is 56.0 Å². The van der Waals surface area contributed by atoms with Crippen LogP contribution in [0.2, 0.25) is 0 Å². The first kappa shape index (κ1) is 17.7. The molecule has 4 heteroatoms. The Morgan fingerprint density at radius 3 is 2.57 bits per heavy atom. The van der Waals surface area contributed by atoms with Crippen molar-refractivity contribution in [2.45, 2.75) is 26.3 Å². The summed E-state index contributed by atoms with van der Waals surface area (Å²) in [4.78, 5) is 16.0. The summed E-state index contributed by atoms with van der Waals surface area (Å²) < 4.78 is 0. The third kappa shape index (κ3) is 5.19. The van der Waals surface area contributed by atoms with Crippen molar-refractivity contribution in [2.75, 3.05) is 32.7 Å². The van der Waals surface area contributed by atoms with Gasteiger partial charge in [0, 0.05) is 5.92 Å². The van der Waals surface area contributed by atoms with E-state index in [4.69, 9.17) is 0 Å². The molecule has 1 heterocycles. The molecule has 0 unspecified atom stereocenters. The van der Waals surface area contributed by atoms with Crippen LogP contribution in [0.25, 0.3) is 6.08 Å². The number of carbonyl (C=O) groups is 1. The highest BCUT2D eigenvalue weighted by Crippen LogP contribution is 2.07. The number of piperazine rings is 1. The summed E-state index contributed by atoms with van der Waals surface area (Å²) >= 11 is 0. The SMILES string of the molecule is CC[C@H](C)[C@@H]([NH3+])C(=O)N1CC[NH+](C/C=C/c2ccccc2)CC1. The lowest BCUT2D eigenvalue weighted by molar-refractivity contribution is -0.898. The summed E-state index contributed by atoms with van der Waals surface area (Å²) in [7, 11) is 0. The number of nitrogens with one attached hydrogen (secondary N) is 1. The van der Waals surface area contributed by atoms with Crippen molar-refractivity contribution >= 4 is 12.0 Å². The quantitative estimate of drug-likeness (QED) is 0.767. The molecule has 1 fully saturated rings. The number of nitrogens with zero attached hydrogens (tertiary/aromatic N) is 1. The molecule has 23 heavy (non-hydrogen) atoms. The van der Waals surface area contributed by atoms with E-state index in [1.165, 1.54) is 5.56 Å². The largest absolute Gasteiger partial charge is 0.347 e. The zero-order chi connectivity index (χ0) is 16.7. The van der Waals surface area contributed by atoms with Gasteiger partial charge < -0.3 is 15.5 Å². The summed E-state index contributed by atoms with van der Waals surface area (Å²) in [5.41, 5.74) is 5.32. The minimum Gasteiger partial charge on any atom is -0.347 e. The molecule has 0 aliphatic carbocycles. The highest BCUT2D eigenvalue weighted by molar-refractivity contribution is 5.80. The van der Waals surface area contributed by atoms with Crippen molar-refractivity contribution in [3.63, 3.8) is 0 Å². The molecule has 0 aromatic heterocycles. The third-order valence-electron chi connectivity index (χ3n) is 4.95. The van der Waals surface area contributed by atoms with Crippen LogP contribution in [0.1, 0.15) is 25.8 Å². The van der Waals surface area contributed by atoms with E-state index in [9.17, 15) is 4.79 Å². The number of benzene rings is 1. The van der Waals surface area contributed by atoms with E-state index >= 15 is 0 Å². The summed E-state index contributed by atoms with van der Waals surface area (Å²) in [6.07, 6.45) is 5.43. The van der Waals surface area contributed by atoms with Crippen LogP contribution in [0.4, 0.5) is 0 Å². The van der Waals surface area contributed by atoms with E-state index in [0.29, 0.717) is 5.92 Å². The maximum Gasteiger partial charge on any atom is 0.281 e. The van der Waals surface area contributed by atoms with Crippen LogP contribution in [0, 0.1) is 5.92 Å². The third-order valence-corrected chi connectivity index (χ3v) is 4.95. The maximum atomic E-state index is 12.4. The molecule has 0 saturated carbocycles. The summed E-state index contributed by atoms with van der Waals surface area (Å²) in [6, 6.07) is 10.3. The summed E-state index contributed by atoms with van der Waals surface area (Å²) in [5.74, 6) is 0.597. The Morgan fingerprint density at radius 1 is 1.30 bits per heavy atom. The molecular formula is C19H31N3O+2. The van der Waals surface area contributed by atoms with Crippen LogP contribution in [-0.2, 0) is 4.79 Å². The van der Waals surface area contributed by atoms with Crippen LogP contribution in [-0.4, -0.2) is 49.6 Å². The molecule has 1 aromatic carbocycles. The maximum absolute atomic E-state index is 12.4. The normalized spacial score (nSPS) is 19.0. The van der Waals surface area contributed by atoms with Crippen molar-refractivity contribution in [3.05, 3.63) is 42.0 Å². The summed E-state index contributed by atoms with van der Waals surface area (Å²) in [6.45, 7) is 9.03. The molecule has 1 saturated heterocycles. The molecular weight excluding hydrogens is 286 g/mol. The van der Waals surface area contributed by atoms with E-state index in [1.807, 2.05) is 11.0 Å². The van der Waals surface area contributed by atoms with E-state index in [-0.39, 0.29) is 11.9 Å². The fraction of sp³-hybridized carbons (Fsp3) is 0.526. The topological polar surface area (TPSA) is 52.4 Å². The van der Waals surface area contributed by atoms with Crippen LogP contribution >= 0.6 is 0 Å². The first-order valence-corrected chi connectivity index (χ1v) is 8.78. The number of hydrogen-bond donors (Lipinski definition) is 2. The van der Waals surface area contributed by atoms with Gasteiger partial charge in [-0.25, -0.2) is 0 Å². The zero-order valence-electron chi connectivity index (χ0n) is 14.5. The first-order valence-electron chi connectivity index (χ1n) is 8.78. The molecule has 1 aliphatic heterocycles. The molecule has 0 radical (unpaired) electrons. The Morgan fingerprint density at radius 2 is 1.96 bits per heavy atom. The Hall–Kier alpha value is -1.65. The van der Waals surface area contributed by atoms with Crippen LogP contribution < -0.4 is 10.6 Å². The Labute approximate surface area is 140 Å². The van der Waals surface area contributed by atoms with Gasteiger partial charge in [-0.15, -0.1) is 0 Å². The van der Waals surface area contributed by atoms with Gasteiger partial charge in [0.25, 0.3) is 5.91 Å². The smallest absolute Gasteiger partial charge is 0.281 e. The number of quaternary nitrogens is 2. The minimum absolute atomic E-state index is 0.0977. The van der Waals surface area contributed by atoms with Crippen LogP contribution in [0.3, 0.4) is 0 Å². The van der Waals surface area contributed by atoms with E-state index in [1.54, 1.807) is 4.90 Å². The standard InChI is InChI=1S/C19H29N3O/c1-3-16(2)18(20)19(23)22-14-12-21(13-15-22)11-7-10-17-8-5-4-6-9-17/h4-10,16,18H,3,11-15,20H2,1-2H3/p+2/b10-7+/t16-,18+/m0/s1. The lowest BCUT2D eigenvalue weighted by Crippen LogP contribution is -3.14. The Balaban J connectivity index is 1.75. The lowest BCUT2D eigenvalue weighted by Gasteiger charge is -2.33. The van der Waals surface area contributed by atoms with Crippen molar-refractivity contribution in [3.8, 4) is 0 Å². The fourth-order valence-corrected chi connectivity index (χ4v) is 2.94. The van der Waals surface area contributed by atoms with Crippen LogP contribution in [0.15, 0.2) is 36.4 Å². The lowest BCUT2D eigenvalue weighted by atomic mass is 9.98. The molecule has 0 bridgehead atoms. The predicted molar refractivity (Wildman–Crippen MR) is 93.8 cm³/mol. The van der Waals surface area contributed by atoms with Crippen LogP contribution in [0.5, 0.6) is 0 Å². The van der Waals surface area contributed by atoms with Crippen molar-refractivity contribution in [1.29, 1.82) is 0 Å². The Kier molecular flexibility index (Phi) is 6.81. The van der Waals surface area contributed by atoms with Gasteiger partial charge in [-0.05, 0) is 18.1 Å². The average Bonchev–Trinajstić information content (AvgIpc) is 2.61. The minimum atomic E-state index is -0.0977. The van der Waals surface area contributed by atoms with Gasteiger partial charge in [0.15, 0.2) is 6.04 Å². The zero-order valence-corrected chi connectivity index (χ0v) is 14.5. The second-order valence-corrected chi connectivity index (χ2v) is 6.58. The second-order valence-electron chi connectivity index (χ2n) is 6.58. The second kappa shape index (κ2) is 8.85. The monoisotopic (exact) mass is 317 g/mol. The van der Waals surface area contributed by atoms with Gasteiger partial charge in [0.1, 0.15) is 0 Å². The van der Waals surface area contributed by atoms with E-state index < -0.39 is 0 Å². The molecule has 1 aromatic rings.